The van der Waals surface area contributed by atoms with Gasteiger partial charge in [-0.15, -0.1) is 0 Å². The van der Waals surface area contributed by atoms with Crippen molar-refractivity contribution in [1.82, 2.24) is 5.43 Å². The number of carbonyl (C=O) groups excluding carboxylic acids is 2. The topological polar surface area (TPSA) is 70.6 Å². The van der Waals surface area contributed by atoms with E-state index in [4.69, 9.17) is 0 Å². The van der Waals surface area contributed by atoms with Gasteiger partial charge in [-0.25, -0.2) is 5.43 Å². The molecule has 0 atom stereocenters. The molecule has 34 heavy (non-hydrogen) atoms. The van der Waals surface area contributed by atoms with Crippen molar-refractivity contribution in [3.05, 3.63) is 113 Å². The van der Waals surface area contributed by atoms with Crippen molar-refractivity contribution in [1.29, 1.82) is 0 Å². The summed E-state index contributed by atoms with van der Waals surface area (Å²) in [5.74, 6) is -0.524. The molecule has 4 aromatic carbocycles. The molecule has 170 valence electrons. The Labute approximate surface area is 199 Å². The monoisotopic (exact) mass is 449 g/mol. The quantitative estimate of drug-likeness (QED) is 0.283. The SMILES string of the molecule is CC(C)(C)c1ccc(C(=O)Nc2ccc(C(=O)NN=Cc3cccc4ccccc34)cc2)cc1. The number of nitrogens with zero attached hydrogens (tertiary/aromatic N) is 1. The standard InChI is InChI=1S/C29H27N3O2/c1-29(2,3)24-15-11-21(12-16-24)27(33)31-25-17-13-22(14-18-25)28(34)32-30-19-23-9-6-8-20-7-4-5-10-26(20)23/h4-19H,1-3H3,(H,31,33)(H,32,34). The highest BCUT2D eigenvalue weighted by Crippen LogP contribution is 2.22. The molecule has 0 aliphatic heterocycles. The number of benzene rings is 4. The van der Waals surface area contributed by atoms with E-state index in [2.05, 4.69) is 36.6 Å². The molecular weight excluding hydrogens is 422 g/mol. The van der Waals surface area contributed by atoms with Crippen LogP contribution >= 0.6 is 0 Å². The summed E-state index contributed by atoms with van der Waals surface area (Å²) in [5.41, 5.74) is 6.32. The molecule has 0 unspecified atom stereocenters. The lowest BCUT2D eigenvalue weighted by atomic mass is 9.87. The van der Waals surface area contributed by atoms with Crippen LogP contribution < -0.4 is 10.7 Å². The number of rotatable bonds is 5. The summed E-state index contributed by atoms with van der Waals surface area (Å²) in [7, 11) is 0. The summed E-state index contributed by atoms with van der Waals surface area (Å²) in [6.07, 6.45) is 1.64. The molecule has 5 nitrogen and oxygen atoms in total. The lowest BCUT2D eigenvalue weighted by Crippen LogP contribution is -2.18. The molecule has 4 rings (SSSR count). The van der Waals surface area contributed by atoms with Crippen LogP contribution in [-0.2, 0) is 5.41 Å². The summed E-state index contributed by atoms with van der Waals surface area (Å²) in [5, 5.41) is 9.15. The van der Waals surface area contributed by atoms with Gasteiger partial charge in [0.1, 0.15) is 0 Å². The molecule has 5 heteroatoms. The molecule has 0 saturated carbocycles. The molecule has 0 bridgehead atoms. The zero-order valence-corrected chi connectivity index (χ0v) is 19.5. The van der Waals surface area contributed by atoms with Gasteiger partial charge in [-0.2, -0.15) is 5.10 Å². The molecule has 2 amide bonds. The Hall–Kier alpha value is -4.25. The number of hydrogen-bond acceptors (Lipinski definition) is 3. The second-order valence-electron chi connectivity index (χ2n) is 9.13. The van der Waals surface area contributed by atoms with Gasteiger partial charge in [0, 0.05) is 22.4 Å². The third-order valence-electron chi connectivity index (χ3n) is 5.61. The molecule has 0 aliphatic carbocycles. The van der Waals surface area contributed by atoms with Gasteiger partial charge in [-0.1, -0.05) is 75.4 Å². The van der Waals surface area contributed by atoms with Crippen LogP contribution in [0.4, 0.5) is 5.69 Å². The van der Waals surface area contributed by atoms with Crippen LogP contribution in [0.2, 0.25) is 0 Å². The number of fused-ring (bicyclic) bond motifs is 1. The molecule has 0 fully saturated rings. The van der Waals surface area contributed by atoms with Crippen molar-refractivity contribution in [2.24, 2.45) is 5.10 Å². The smallest absolute Gasteiger partial charge is 0.271 e. The van der Waals surface area contributed by atoms with E-state index in [1.165, 1.54) is 5.56 Å². The fourth-order valence-electron chi connectivity index (χ4n) is 3.62. The molecule has 0 saturated heterocycles. The van der Waals surface area contributed by atoms with Crippen LogP contribution in [0.3, 0.4) is 0 Å². The predicted octanol–water partition coefficient (Wildman–Crippen LogP) is 6.15. The number of nitrogens with one attached hydrogen (secondary N) is 2. The van der Waals surface area contributed by atoms with Crippen LogP contribution in [0.15, 0.2) is 96.1 Å². The number of amides is 2. The highest BCUT2D eigenvalue weighted by Gasteiger charge is 2.14. The predicted molar refractivity (Wildman–Crippen MR) is 139 cm³/mol. The zero-order chi connectivity index (χ0) is 24.1. The number of hydrogen-bond donors (Lipinski definition) is 2. The summed E-state index contributed by atoms with van der Waals surface area (Å²) < 4.78 is 0. The van der Waals surface area contributed by atoms with Crippen LogP contribution in [-0.4, -0.2) is 18.0 Å². The largest absolute Gasteiger partial charge is 0.322 e. The molecule has 0 radical (unpaired) electrons. The van der Waals surface area contributed by atoms with Crippen LogP contribution in [0.1, 0.15) is 52.6 Å². The molecule has 0 heterocycles. The fourth-order valence-corrected chi connectivity index (χ4v) is 3.62. The van der Waals surface area contributed by atoms with Crippen molar-refractivity contribution in [3.8, 4) is 0 Å². The van der Waals surface area contributed by atoms with Gasteiger partial charge in [-0.05, 0) is 58.1 Å². The van der Waals surface area contributed by atoms with Gasteiger partial charge < -0.3 is 5.32 Å². The lowest BCUT2D eigenvalue weighted by molar-refractivity contribution is 0.0954. The summed E-state index contributed by atoms with van der Waals surface area (Å²) in [4.78, 5) is 25.0. The highest BCUT2D eigenvalue weighted by atomic mass is 16.2. The van der Waals surface area contributed by atoms with E-state index in [-0.39, 0.29) is 17.2 Å². The first-order chi connectivity index (χ1) is 16.3. The molecule has 0 spiro atoms. The minimum atomic E-state index is -0.327. The Balaban J connectivity index is 1.37. The normalized spacial score (nSPS) is 11.5. The van der Waals surface area contributed by atoms with E-state index in [0.29, 0.717) is 16.8 Å². The summed E-state index contributed by atoms with van der Waals surface area (Å²) >= 11 is 0. The van der Waals surface area contributed by atoms with Gasteiger partial charge in [0.05, 0.1) is 6.21 Å². The minimum Gasteiger partial charge on any atom is -0.322 e. The second-order valence-corrected chi connectivity index (χ2v) is 9.13. The Morgan fingerprint density at radius 1 is 0.735 bits per heavy atom. The summed E-state index contributed by atoms with van der Waals surface area (Å²) in [6, 6.07) is 28.3. The van der Waals surface area contributed by atoms with Crippen molar-refractivity contribution in [3.63, 3.8) is 0 Å². The first kappa shape index (κ1) is 22.9. The van der Waals surface area contributed by atoms with E-state index < -0.39 is 0 Å². The highest BCUT2D eigenvalue weighted by molar-refractivity contribution is 6.05. The van der Waals surface area contributed by atoms with E-state index in [1.807, 2.05) is 66.7 Å². The fraction of sp³-hybridized carbons (Fsp3) is 0.138. The van der Waals surface area contributed by atoms with Gasteiger partial charge in [0.25, 0.3) is 11.8 Å². The van der Waals surface area contributed by atoms with Crippen molar-refractivity contribution in [2.75, 3.05) is 5.32 Å². The number of hydrazone groups is 1. The Morgan fingerprint density at radius 3 is 2.06 bits per heavy atom. The average Bonchev–Trinajstić information content (AvgIpc) is 2.84. The van der Waals surface area contributed by atoms with E-state index >= 15 is 0 Å². The van der Waals surface area contributed by atoms with E-state index in [9.17, 15) is 9.59 Å². The number of anilines is 1. The van der Waals surface area contributed by atoms with Gasteiger partial charge in [0.2, 0.25) is 0 Å². The summed E-state index contributed by atoms with van der Waals surface area (Å²) in [6.45, 7) is 6.40. The first-order valence-corrected chi connectivity index (χ1v) is 11.1. The van der Waals surface area contributed by atoms with E-state index in [0.717, 1.165) is 16.3 Å². The maximum Gasteiger partial charge on any atom is 0.271 e. The lowest BCUT2D eigenvalue weighted by Gasteiger charge is -2.19. The molecular formula is C29H27N3O2. The van der Waals surface area contributed by atoms with Crippen LogP contribution in [0, 0.1) is 0 Å². The van der Waals surface area contributed by atoms with Crippen molar-refractivity contribution < 1.29 is 9.59 Å². The number of carbonyl (C=O) groups is 2. The Kier molecular flexibility index (Phi) is 6.55. The van der Waals surface area contributed by atoms with Gasteiger partial charge in [0.15, 0.2) is 0 Å². The molecule has 0 aromatic heterocycles. The average molecular weight is 450 g/mol. The first-order valence-electron chi connectivity index (χ1n) is 11.1. The molecule has 4 aromatic rings. The van der Waals surface area contributed by atoms with Crippen LogP contribution in [0.5, 0.6) is 0 Å². The van der Waals surface area contributed by atoms with Gasteiger partial charge >= 0.3 is 0 Å². The molecule has 0 aliphatic rings. The maximum atomic E-state index is 12.6. The van der Waals surface area contributed by atoms with Gasteiger partial charge in [-0.3, -0.25) is 9.59 Å². The molecule has 2 N–H and O–H groups in total. The Morgan fingerprint density at radius 2 is 1.35 bits per heavy atom. The van der Waals surface area contributed by atoms with Crippen molar-refractivity contribution in [2.45, 2.75) is 26.2 Å². The zero-order valence-electron chi connectivity index (χ0n) is 19.5. The maximum absolute atomic E-state index is 12.6. The second kappa shape index (κ2) is 9.71. The third-order valence-corrected chi connectivity index (χ3v) is 5.61. The van der Waals surface area contributed by atoms with E-state index in [1.54, 1.807) is 30.5 Å². The Bertz CT molecular complexity index is 1340. The van der Waals surface area contributed by atoms with Crippen LogP contribution in [0.25, 0.3) is 10.8 Å². The minimum absolute atomic E-state index is 0.0321. The van der Waals surface area contributed by atoms with Crippen molar-refractivity contribution >= 4 is 34.5 Å². The third kappa shape index (κ3) is 5.38.